The van der Waals surface area contributed by atoms with Crippen molar-refractivity contribution < 1.29 is 9.59 Å². The molecular formula is C16H26N2O2. The maximum Gasteiger partial charge on any atom is 0.249 e. The van der Waals surface area contributed by atoms with E-state index in [9.17, 15) is 9.59 Å². The minimum absolute atomic E-state index is 0.0173. The molecule has 3 atom stereocenters. The Balaban J connectivity index is 1.87. The summed E-state index contributed by atoms with van der Waals surface area (Å²) in [7, 11) is 0. The van der Waals surface area contributed by atoms with E-state index in [1.165, 1.54) is 0 Å². The van der Waals surface area contributed by atoms with E-state index in [0.717, 1.165) is 32.1 Å². The van der Waals surface area contributed by atoms with Crippen molar-refractivity contribution in [1.29, 1.82) is 0 Å². The van der Waals surface area contributed by atoms with Gasteiger partial charge in [0.25, 0.3) is 0 Å². The van der Waals surface area contributed by atoms with Gasteiger partial charge in [-0.3, -0.25) is 9.59 Å². The Morgan fingerprint density at radius 1 is 1.15 bits per heavy atom. The minimum atomic E-state index is -0.656. The zero-order chi connectivity index (χ0) is 14.7. The van der Waals surface area contributed by atoms with Gasteiger partial charge in [0, 0.05) is 6.04 Å². The summed E-state index contributed by atoms with van der Waals surface area (Å²) in [5.41, 5.74) is -0.370. The van der Waals surface area contributed by atoms with Crippen LogP contribution in [0, 0.1) is 11.3 Å². The molecule has 112 valence electrons. The number of carbonyl (C=O) groups is 2. The second-order valence-electron chi connectivity index (χ2n) is 7.92. The maximum atomic E-state index is 13.0. The predicted octanol–water partition coefficient (Wildman–Crippen LogP) is 2.08. The third kappa shape index (κ3) is 2.04. The molecule has 3 fully saturated rings. The van der Waals surface area contributed by atoms with Gasteiger partial charge in [-0.05, 0) is 57.3 Å². The third-order valence-electron chi connectivity index (χ3n) is 5.59. The minimum Gasteiger partial charge on any atom is -0.340 e. The second-order valence-corrected chi connectivity index (χ2v) is 7.92. The van der Waals surface area contributed by atoms with Crippen LogP contribution in [0.4, 0.5) is 0 Å². The first-order valence-corrected chi connectivity index (χ1v) is 7.89. The van der Waals surface area contributed by atoms with Crippen molar-refractivity contribution in [3.63, 3.8) is 0 Å². The fourth-order valence-corrected chi connectivity index (χ4v) is 4.04. The number of amides is 2. The van der Waals surface area contributed by atoms with E-state index < -0.39 is 5.54 Å². The maximum absolute atomic E-state index is 13.0. The van der Waals surface area contributed by atoms with E-state index in [1.807, 2.05) is 18.7 Å². The highest BCUT2D eigenvalue weighted by Gasteiger charge is 2.56. The third-order valence-corrected chi connectivity index (χ3v) is 5.59. The lowest BCUT2D eigenvalue weighted by atomic mass is 9.87. The number of nitrogens with one attached hydrogen (secondary N) is 1. The van der Waals surface area contributed by atoms with Crippen molar-refractivity contribution in [2.75, 3.05) is 0 Å². The smallest absolute Gasteiger partial charge is 0.249 e. The van der Waals surface area contributed by atoms with Crippen molar-refractivity contribution >= 4 is 11.8 Å². The molecule has 0 aromatic heterocycles. The Morgan fingerprint density at radius 2 is 1.80 bits per heavy atom. The number of carbonyl (C=O) groups excluding carboxylic acids is 2. The van der Waals surface area contributed by atoms with Crippen LogP contribution in [-0.4, -0.2) is 34.3 Å². The molecule has 0 spiro atoms. The zero-order valence-corrected chi connectivity index (χ0v) is 13.0. The van der Waals surface area contributed by atoms with E-state index >= 15 is 0 Å². The molecule has 3 rings (SSSR count). The first-order chi connectivity index (χ1) is 9.24. The molecule has 4 nitrogen and oxygen atoms in total. The van der Waals surface area contributed by atoms with Gasteiger partial charge in [-0.2, -0.15) is 0 Å². The Hall–Kier alpha value is -1.06. The van der Waals surface area contributed by atoms with Gasteiger partial charge in [0.05, 0.1) is 0 Å². The second kappa shape index (κ2) is 4.22. The first kappa shape index (κ1) is 13.9. The lowest BCUT2D eigenvalue weighted by Crippen LogP contribution is -2.71. The van der Waals surface area contributed by atoms with Crippen LogP contribution in [0.2, 0.25) is 0 Å². The van der Waals surface area contributed by atoms with Crippen LogP contribution in [0.5, 0.6) is 0 Å². The number of nitrogens with zero attached hydrogens (tertiary/aromatic N) is 1. The molecule has 2 aliphatic carbocycles. The molecule has 3 aliphatic rings. The summed E-state index contributed by atoms with van der Waals surface area (Å²) in [6, 6.07) is -0.0927. The molecule has 0 aromatic rings. The monoisotopic (exact) mass is 278 g/mol. The molecule has 3 unspecified atom stereocenters. The van der Waals surface area contributed by atoms with Crippen molar-refractivity contribution in [3.05, 3.63) is 0 Å². The molecular weight excluding hydrogens is 252 g/mol. The molecule has 0 radical (unpaired) electrons. The van der Waals surface area contributed by atoms with Gasteiger partial charge in [-0.25, -0.2) is 0 Å². The predicted molar refractivity (Wildman–Crippen MR) is 77.0 cm³/mol. The van der Waals surface area contributed by atoms with Gasteiger partial charge in [-0.1, -0.05) is 13.8 Å². The average molecular weight is 278 g/mol. The van der Waals surface area contributed by atoms with Crippen LogP contribution in [-0.2, 0) is 9.59 Å². The van der Waals surface area contributed by atoms with Crippen molar-refractivity contribution in [2.24, 2.45) is 11.3 Å². The van der Waals surface area contributed by atoms with E-state index in [-0.39, 0.29) is 29.3 Å². The Morgan fingerprint density at radius 3 is 2.30 bits per heavy atom. The summed E-state index contributed by atoms with van der Waals surface area (Å²) in [6.45, 7) is 8.30. The molecule has 2 amide bonds. The lowest BCUT2D eigenvalue weighted by Gasteiger charge is -2.46. The summed E-state index contributed by atoms with van der Waals surface area (Å²) >= 11 is 0. The van der Waals surface area contributed by atoms with Crippen LogP contribution in [0.15, 0.2) is 0 Å². The topological polar surface area (TPSA) is 49.4 Å². The SMILES string of the molecule is CC1C(=O)NC(C)(C2CC2)C(=O)N1C1CCC(C)(C)C1. The molecule has 0 aromatic carbocycles. The average Bonchev–Trinajstić information content (AvgIpc) is 3.13. The molecule has 4 heteroatoms. The van der Waals surface area contributed by atoms with Crippen molar-refractivity contribution in [3.8, 4) is 0 Å². The normalized spacial score (nSPS) is 40.9. The van der Waals surface area contributed by atoms with Crippen LogP contribution in [0.1, 0.15) is 59.8 Å². The molecule has 1 heterocycles. The van der Waals surface area contributed by atoms with Gasteiger partial charge in [0.2, 0.25) is 11.8 Å². The van der Waals surface area contributed by atoms with Gasteiger partial charge >= 0.3 is 0 Å². The van der Waals surface area contributed by atoms with Gasteiger partial charge in [0.15, 0.2) is 0 Å². The van der Waals surface area contributed by atoms with E-state index in [1.54, 1.807) is 0 Å². The van der Waals surface area contributed by atoms with Crippen LogP contribution in [0.25, 0.3) is 0 Å². The zero-order valence-electron chi connectivity index (χ0n) is 13.0. The summed E-state index contributed by atoms with van der Waals surface area (Å²) in [4.78, 5) is 27.2. The fourth-order valence-electron chi connectivity index (χ4n) is 4.04. The Kier molecular flexibility index (Phi) is 2.93. The quantitative estimate of drug-likeness (QED) is 0.840. The van der Waals surface area contributed by atoms with Crippen LogP contribution < -0.4 is 5.32 Å². The molecule has 20 heavy (non-hydrogen) atoms. The van der Waals surface area contributed by atoms with E-state index in [4.69, 9.17) is 0 Å². The van der Waals surface area contributed by atoms with Crippen molar-refractivity contribution in [2.45, 2.75) is 77.4 Å². The summed E-state index contributed by atoms with van der Waals surface area (Å²) in [5, 5.41) is 3.00. The Bertz CT molecular complexity index is 455. The van der Waals surface area contributed by atoms with Gasteiger partial charge < -0.3 is 10.2 Å². The highest BCUT2D eigenvalue weighted by atomic mass is 16.2. The molecule has 0 bridgehead atoms. The summed E-state index contributed by atoms with van der Waals surface area (Å²) in [5.74, 6) is 0.502. The number of rotatable bonds is 2. The highest BCUT2D eigenvalue weighted by Crippen LogP contribution is 2.45. The summed E-state index contributed by atoms with van der Waals surface area (Å²) in [6.07, 6.45) is 5.28. The van der Waals surface area contributed by atoms with E-state index in [2.05, 4.69) is 19.2 Å². The lowest BCUT2D eigenvalue weighted by molar-refractivity contribution is -0.157. The largest absolute Gasteiger partial charge is 0.340 e. The van der Waals surface area contributed by atoms with Gasteiger partial charge in [-0.15, -0.1) is 0 Å². The highest BCUT2D eigenvalue weighted by molar-refractivity contribution is 6.00. The molecule has 1 N–H and O–H groups in total. The number of piperazine rings is 1. The van der Waals surface area contributed by atoms with E-state index in [0.29, 0.717) is 5.92 Å². The van der Waals surface area contributed by atoms with Gasteiger partial charge in [0.1, 0.15) is 11.6 Å². The van der Waals surface area contributed by atoms with Crippen molar-refractivity contribution in [1.82, 2.24) is 10.2 Å². The summed E-state index contributed by atoms with van der Waals surface area (Å²) < 4.78 is 0. The standard InChI is InChI=1S/C16H26N2O2/c1-10-13(19)17-16(4,11-5-6-11)14(20)18(10)12-7-8-15(2,3)9-12/h10-12H,5-9H2,1-4H3,(H,17,19). The van der Waals surface area contributed by atoms with Crippen LogP contribution in [0.3, 0.4) is 0 Å². The fraction of sp³-hybridized carbons (Fsp3) is 0.875. The van der Waals surface area contributed by atoms with Crippen LogP contribution >= 0.6 is 0 Å². The molecule has 2 saturated carbocycles. The Labute approximate surface area is 121 Å². The molecule has 1 saturated heterocycles. The first-order valence-electron chi connectivity index (χ1n) is 7.89. The number of hydrogen-bond acceptors (Lipinski definition) is 2. The number of hydrogen-bond donors (Lipinski definition) is 1. The molecule has 1 aliphatic heterocycles.